The first-order valence-electron chi connectivity index (χ1n) is 4.46. The fourth-order valence-electron chi connectivity index (χ4n) is 0.892. The summed E-state index contributed by atoms with van der Waals surface area (Å²) in [5, 5.41) is 16.7. The molecule has 0 aliphatic heterocycles. The van der Waals surface area contributed by atoms with Crippen LogP contribution in [0.25, 0.3) is 0 Å². The van der Waals surface area contributed by atoms with E-state index in [-0.39, 0.29) is 103 Å². The molecule has 0 radical (unpaired) electrons. The molecule has 0 bridgehead atoms. The maximum Gasteiger partial charge on any atom is 1.00 e. The quantitative estimate of drug-likeness (QED) is 0.384. The van der Waals surface area contributed by atoms with Gasteiger partial charge in [0.25, 0.3) is 0 Å². The summed E-state index contributed by atoms with van der Waals surface area (Å²) in [5.74, 6) is 1.60. The van der Waals surface area contributed by atoms with E-state index in [1.165, 1.54) is 0 Å². The molecule has 0 heterocycles. The van der Waals surface area contributed by atoms with Gasteiger partial charge in [0.05, 0.1) is 11.6 Å². The van der Waals surface area contributed by atoms with Crippen LogP contribution in [-0.4, -0.2) is 19.9 Å². The Morgan fingerprint density at radius 3 is 2.32 bits per heavy atom. The molecule has 0 spiro atoms. The van der Waals surface area contributed by atoms with Gasteiger partial charge in [0.2, 0.25) is 0 Å². The van der Waals surface area contributed by atoms with Crippen LogP contribution in [0.3, 0.4) is 0 Å². The number of carbonyl (C=O) groups is 1. The number of rotatable bonds is 4. The average Bonchev–Trinajstić information content (AvgIpc) is 2.26. The van der Waals surface area contributed by atoms with Crippen molar-refractivity contribution < 1.29 is 127 Å². The minimum atomic E-state index is -2.33. The zero-order chi connectivity index (χ0) is 13.3. The van der Waals surface area contributed by atoms with Crippen molar-refractivity contribution in [3.8, 4) is 11.5 Å². The number of benzene rings is 1. The molecule has 5 nitrogen and oxygen atoms in total. The smallest absolute Gasteiger partial charge is 0.652 e. The Morgan fingerprint density at radius 2 is 1.95 bits per heavy atom. The number of carbonyl (C=O) groups excluding carboxylic acids is 1. The molecule has 0 unspecified atom stereocenters. The van der Waals surface area contributed by atoms with Crippen molar-refractivity contribution in [2.75, 3.05) is 13.7 Å². The molecule has 1 aromatic rings. The SMILES string of the molecule is C=CCOc1ccc(OC)c(Br)c1.O=C([O-])[O-].[K+].[K+]. The summed E-state index contributed by atoms with van der Waals surface area (Å²) < 4.78 is 11.3. The topological polar surface area (TPSA) is 81.7 Å². The van der Waals surface area contributed by atoms with Crippen molar-refractivity contribution in [2.24, 2.45) is 0 Å². The molecule has 19 heavy (non-hydrogen) atoms. The van der Waals surface area contributed by atoms with E-state index in [1.54, 1.807) is 13.2 Å². The normalized spacial score (nSPS) is 7.68. The second kappa shape index (κ2) is 16.0. The Hall–Kier alpha value is 1.58. The van der Waals surface area contributed by atoms with Crippen LogP contribution < -0.4 is 122 Å². The van der Waals surface area contributed by atoms with E-state index in [0.717, 1.165) is 16.0 Å². The van der Waals surface area contributed by atoms with Gasteiger partial charge < -0.3 is 24.5 Å². The first-order chi connectivity index (χ1) is 8.01. The molecule has 0 N–H and O–H groups in total. The van der Waals surface area contributed by atoms with Crippen LogP contribution in [0.5, 0.6) is 11.5 Å². The van der Waals surface area contributed by atoms with Crippen LogP contribution >= 0.6 is 15.9 Å². The third-order valence-electron chi connectivity index (χ3n) is 1.49. The predicted octanol–water partition coefficient (Wildman–Crippen LogP) is -5.42. The van der Waals surface area contributed by atoms with Crippen molar-refractivity contribution in [1.82, 2.24) is 0 Å². The Balaban J connectivity index is -0.000000379. The summed E-state index contributed by atoms with van der Waals surface area (Å²) in [6.07, 6.45) is -0.627. The Kier molecular flexibility index (Phi) is 21.4. The first kappa shape index (κ1) is 25.5. The van der Waals surface area contributed by atoms with Gasteiger partial charge in [-0.2, -0.15) is 0 Å². The average molecular weight is 381 g/mol. The van der Waals surface area contributed by atoms with Gasteiger partial charge in [-0.15, -0.1) is 0 Å². The monoisotopic (exact) mass is 380 g/mol. The fourth-order valence-corrected chi connectivity index (χ4v) is 1.41. The van der Waals surface area contributed by atoms with E-state index in [0.29, 0.717) is 6.61 Å². The van der Waals surface area contributed by atoms with Crippen LogP contribution in [0.1, 0.15) is 0 Å². The molecule has 0 aromatic heterocycles. The molecule has 94 valence electrons. The number of ether oxygens (including phenoxy) is 2. The van der Waals surface area contributed by atoms with Crippen LogP contribution in [0, 0.1) is 0 Å². The molecule has 0 saturated heterocycles. The Labute approximate surface area is 205 Å². The molecule has 1 rings (SSSR count). The second-order valence-corrected chi connectivity index (χ2v) is 3.50. The standard InChI is InChI=1S/C10H11BrO2.CH2O3.2K/c1-3-6-13-8-4-5-10(12-2)9(11)7-8;2-1(3)4;;/h3-5,7H,1,6H2,2H3;(H2,2,3,4);;/q;;2*+1/p-2. The third kappa shape index (κ3) is 14.3. The van der Waals surface area contributed by atoms with Gasteiger partial charge in [-0.3, -0.25) is 0 Å². The molecule has 0 amide bonds. The van der Waals surface area contributed by atoms with Gasteiger partial charge in [0, 0.05) is 0 Å². The van der Waals surface area contributed by atoms with Crippen LogP contribution in [0.2, 0.25) is 0 Å². The van der Waals surface area contributed by atoms with Crippen LogP contribution in [0.4, 0.5) is 4.79 Å². The molecule has 0 aliphatic carbocycles. The van der Waals surface area contributed by atoms with Gasteiger partial charge in [-0.05, 0) is 40.3 Å². The van der Waals surface area contributed by atoms with Crippen molar-refractivity contribution in [2.45, 2.75) is 0 Å². The summed E-state index contributed by atoms with van der Waals surface area (Å²) in [4.78, 5) is 8.33. The third-order valence-corrected chi connectivity index (χ3v) is 2.11. The van der Waals surface area contributed by atoms with Crippen molar-refractivity contribution in [3.05, 3.63) is 35.3 Å². The molecule has 0 atom stereocenters. The van der Waals surface area contributed by atoms with Crippen molar-refractivity contribution >= 4 is 22.1 Å². The maximum absolute atomic E-state index is 8.33. The summed E-state index contributed by atoms with van der Waals surface area (Å²) in [6, 6.07) is 5.57. The number of hydrogen-bond donors (Lipinski definition) is 0. The number of halogens is 1. The minimum Gasteiger partial charge on any atom is -0.652 e. The number of hydrogen-bond acceptors (Lipinski definition) is 5. The molecule has 1 aromatic carbocycles. The van der Waals surface area contributed by atoms with Gasteiger partial charge in [-0.1, -0.05) is 12.7 Å². The van der Waals surface area contributed by atoms with E-state index in [4.69, 9.17) is 24.5 Å². The zero-order valence-electron chi connectivity index (χ0n) is 11.1. The number of carboxylic acid groups (broad SMARTS) is 2. The van der Waals surface area contributed by atoms with Gasteiger partial charge in [0.1, 0.15) is 18.1 Å². The van der Waals surface area contributed by atoms with Crippen molar-refractivity contribution in [3.63, 3.8) is 0 Å². The molecule has 0 saturated carbocycles. The van der Waals surface area contributed by atoms with Crippen LogP contribution in [-0.2, 0) is 0 Å². The first-order valence-corrected chi connectivity index (χ1v) is 5.25. The largest absolute Gasteiger partial charge is 1.00 e. The Morgan fingerprint density at radius 1 is 1.42 bits per heavy atom. The molecular weight excluding hydrogens is 370 g/mol. The predicted molar refractivity (Wildman–Crippen MR) is 61.8 cm³/mol. The number of methoxy groups -OCH3 is 1. The van der Waals surface area contributed by atoms with Gasteiger partial charge >= 0.3 is 103 Å². The second-order valence-electron chi connectivity index (χ2n) is 2.65. The van der Waals surface area contributed by atoms with Gasteiger partial charge in [0.15, 0.2) is 0 Å². The molecular formula is C11H11BrK2O5. The summed E-state index contributed by atoms with van der Waals surface area (Å²) >= 11 is 3.37. The minimum absolute atomic E-state index is 0. The summed E-state index contributed by atoms with van der Waals surface area (Å²) in [6.45, 7) is 4.08. The van der Waals surface area contributed by atoms with E-state index in [2.05, 4.69) is 22.5 Å². The van der Waals surface area contributed by atoms with E-state index in [1.807, 2.05) is 18.2 Å². The fraction of sp³-hybridized carbons (Fsp3) is 0.182. The molecule has 0 fully saturated rings. The Bertz CT molecular complexity index is 383. The van der Waals surface area contributed by atoms with Crippen LogP contribution in [0.15, 0.2) is 35.3 Å². The molecule has 0 aliphatic rings. The van der Waals surface area contributed by atoms with Gasteiger partial charge in [-0.25, -0.2) is 0 Å². The van der Waals surface area contributed by atoms with E-state index in [9.17, 15) is 0 Å². The van der Waals surface area contributed by atoms with E-state index < -0.39 is 6.16 Å². The molecule has 8 heteroatoms. The van der Waals surface area contributed by atoms with Crippen molar-refractivity contribution in [1.29, 1.82) is 0 Å². The zero-order valence-corrected chi connectivity index (χ0v) is 19.0. The summed E-state index contributed by atoms with van der Waals surface area (Å²) in [7, 11) is 1.63. The maximum atomic E-state index is 8.33. The summed E-state index contributed by atoms with van der Waals surface area (Å²) in [5.41, 5.74) is 0. The van der Waals surface area contributed by atoms with E-state index >= 15 is 0 Å².